The van der Waals surface area contributed by atoms with E-state index in [-0.39, 0.29) is 14.9 Å². The van der Waals surface area contributed by atoms with E-state index < -0.39 is 0 Å². The molecule has 0 bridgehead atoms. The van der Waals surface area contributed by atoms with E-state index in [1.165, 1.54) is 64.2 Å². The SMILES string of the molecule is C.C.CCCCCC(CC(C)CC(C)C)CC(CC(C)C)CC(C)CC(C)C. The van der Waals surface area contributed by atoms with Gasteiger partial charge in [0.05, 0.1) is 0 Å². The van der Waals surface area contributed by atoms with Crippen LogP contribution in [-0.4, -0.2) is 0 Å². The zero-order valence-electron chi connectivity index (χ0n) is 20.1. The summed E-state index contributed by atoms with van der Waals surface area (Å²) in [5.74, 6) is 6.23. The topological polar surface area (TPSA) is 0 Å². The number of unbranched alkanes of at least 4 members (excludes halogenated alkanes) is 2. The summed E-state index contributed by atoms with van der Waals surface area (Å²) >= 11 is 0. The van der Waals surface area contributed by atoms with Crippen LogP contribution in [0.25, 0.3) is 0 Å². The van der Waals surface area contributed by atoms with Crippen molar-refractivity contribution in [2.24, 2.45) is 41.4 Å². The van der Waals surface area contributed by atoms with Crippen LogP contribution in [0.15, 0.2) is 0 Å². The standard InChI is InChI=1S/C26H54.2CH4/c1-10-11-12-13-25(17-23(8)14-20(2)3)19-26(16-22(6)7)18-24(9)15-21(4)5;;/h20-26H,10-19H2,1-9H3;2*1H4. The predicted molar refractivity (Wildman–Crippen MR) is 135 cm³/mol. The highest BCUT2D eigenvalue weighted by atomic mass is 14.3. The van der Waals surface area contributed by atoms with Crippen LogP contribution in [0, 0.1) is 41.4 Å². The van der Waals surface area contributed by atoms with Gasteiger partial charge in [-0.2, -0.15) is 0 Å². The molecule has 0 saturated carbocycles. The first-order valence-electron chi connectivity index (χ1n) is 12.1. The second-order valence-electron chi connectivity index (χ2n) is 11.0. The predicted octanol–water partition coefficient (Wildman–Crippen LogP) is 10.7. The molecule has 0 aliphatic heterocycles. The Labute approximate surface area is 183 Å². The smallest absolute Gasteiger partial charge is 0.0407 e. The lowest BCUT2D eigenvalue weighted by molar-refractivity contribution is 0.221. The average molecular weight is 399 g/mol. The molecule has 0 aliphatic rings. The number of rotatable bonds is 16. The highest BCUT2D eigenvalue weighted by Gasteiger charge is 2.22. The minimum Gasteiger partial charge on any atom is -0.0776 e. The van der Waals surface area contributed by atoms with Crippen LogP contribution in [0.1, 0.15) is 141 Å². The molecule has 0 aromatic rings. The van der Waals surface area contributed by atoms with Gasteiger partial charge in [-0.25, -0.2) is 0 Å². The first-order valence-corrected chi connectivity index (χ1v) is 12.1. The third-order valence-corrected chi connectivity index (χ3v) is 5.91. The van der Waals surface area contributed by atoms with Gasteiger partial charge in [0.1, 0.15) is 0 Å². The molecule has 0 fully saturated rings. The van der Waals surface area contributed by atoms with E-state index in [1.807, 2.05) is 0 Å². The van der Waals surface area contributed by atoms with Gasteiger partial charge in [-0.05, 0) is 80.0 Å². The molecule has 0 aromatic heterocycles. The Balaban J connectivity index is -0.00000312. The molecule has 0 heterocycles. The Hall–Kier alpha value is 0. The summed E-state index contributed by atoms with van der Waals surface area (Å²) in [5, 5.41) is 0. The van der Waals surface area contributed by atoms with Crippen molar-refractivity contribution in [1.29, 1.82) is 0 Å². The molecular weight excluding hydrogens is 336 g/mol. The Morgan fingerprint density at radius 1 is 0.464 bits per heavy atom. The second kappa shape index (κ2) is 19.0. The van der Waals surface area contributed by atoms with Gasteiger partial charge in [-0.1, -0.05) is 103 Å². The van der Waals surface area contributed by atoms with Crippen molar-refractivity contribution in [2.75, 3.05) is 0 Å². The van der Waals surface area contributed by atoms with E-state index in [1.54, 1.807) is 0 Å². The molecule has 0 amide bonds. The third-order valence-electron chi connectivity index (χ3n) is 5.91. The van der Waals surface area contributed by atoms with E-state index in [9.17, 15) is 0 Å². The zero-order valence-corrected chi connectivity index (χ0v) is 20.1. The molecule has 0 rings (SSSR count). The molecule has 0 radical (unpaired) electrons. The largest absolute Gasteiger partial charge is 0.0776 e. The fraction of sp³-hybridized carbons (Fsp3) is 1.00. The normalized spacial score (nSPS) is 15.9. The van der Waals surface area contributed by atoms with Gasteiger partial charge in [0.25, 0.3) is 0 Å². The number of hydrogen-bond donors (Lipinski definition) is 0. The summed E-state index contributed by atoms with van der Waals surface area (Å²) in [7, 11) is 0. The molecule has 0 N–H and O–H groups in total. The highest BCUT2D eigenvalue weighted by Crippen LogP contribution is 2.34. The maximum absolute atomic E-state index is 2.51. The van der Waals surface area contributed by atoms with Crippen LogP contribution >= 0.6 is 0 Å². The van der Waals surface area contributed by atoms with Crippen LogP contribution < -0.4 is 0 Å². The van der Waals surface area contributed by atoms with Gasteiger partial charge in [0.15, 0.2) is 0 Å². The Kier molecular flexibility index (Phi) is 22.2. The van der Waals surface area contributed by atoms with Gasteiger partial charge in [-0.15, -0.1) is 0 Å². The van der Waals surface area contributed by atoms with E-state index in [4.69, 9.17) is 0 Å². The lowest BCUT2D eigenvalue weighted by atomic mass is 9.76. The van der Waals surface area contributed by atoms with Crippen LogP contribution in [0.5, 0.6) is 0 Å². The fourth-order valence-electron chi connectivity index (χ4n) is 5.38. The van der Waals surface area contributed by atoms with Gasteiger partial charge in [-0.3, -0.25) is 0 Å². The first-order chi connectivity index (χ1) is 12.1. The molecule has 0 spiro atoms. The van der Waals surface area contributed by atoms with Crippen molar-refractivity contribution in [2.45, 2.75) is 141 Å². The van der Waals surface area contributed by atoms with Gasteiger partial charge in [0.2, 0.25) is 0 Å². The van der Waals surface area contributed by atoms with Crippen molar-refractivity contribution in [1.82, 2.24) is 0 Å². The molecule has 0 aromatic carbocycles. The van der Waals surface area contributed by atoms with Crippen molar-refractivity contribution in [3.63, 3.8) is 0 Å². The number of hydrogen-bond acceptors (Lipinski definition) is 0. The van der Waals surface area contributed by atoms with E-state index in [0.29, 0.717) is 0 Å². The molecular formula is C28H62. The highest BCUT2D eigenvalue weighted by molar-refractivity contribution is 4.73. The molecule has 0 nitrogen and oxygen atoms in total. The third kappa shape index (κ3) is 19.3. The maximum atomic E-state index is 2.51. The van der Waals surface area contributed by atoms with Crippen LogP contribution in [-0.2, 0) is 0 Å². The molecule has 4 unspecified atom stereocenters. The van der Waals surface area contributed by atoms with Crippen LogP contribution in [0.3, 0.4) is 0 Å². The molecule has 28 heavy (non-hydrogen) atoms. The van der Waals surface area contributed by atoms with Crippen molar-refractivity contribution in [3.05, 3.63) is 0 Å². The van der Waals surface area contributed by atoms with E-state index in [2.05, 4.69) is 62.3 Å². The summed E-state index contributed by atoms with van der Waals surface area (Å²) in [6.45, 7) is 21.7. The maximum Gasteiger partial charge on any atom is -0.0407 e. The van der Waals surface area contributed by atoms with Crippen molar-refractivity contribution < 1.29 is 0 Å². The summed E-state index contributed by atoms with van der Waals surface area (Å²) in [4.78, 5) is 0. The molecule has 0 heteroatoms. The summed E-state index contributed by atoms with van der Waals surface area (Å²) in [6, 6.07) is 0. The molecule has 174 valence electrons. The minimum atomic E-state index is 0. The van der Waals surface area contributed by atoms with Crippen LogP contribution in [0.2, 0.25) is 0 Å². The van der Waals surface area contributed by atoms with Crippen molar-refractivity contribution >= 4 is 0 Å². The van der Waals surface area contributed by atoms with E-state index >= 15 is 0 Å². The van der Waals surface area contributed by atoms with Crippen molar-refractivity contribution in [3.8, 4) is 0 Å². The first kappa shape index (κ1) is 32.7. The molecule has 0 saturated heterocycles. The van der Waals surface area contributed by atoms with Gasteiger partial charge >= 0.3 is 0 Å². The second-order valence-corrected chi connectivity index (χ2v) is 11.0. The summed E-state index contributed by atoms with van der Waals surface area (Å²) in [6.07, 6.45) is 14.4. The lowest BCUT2D eigenvalue weighted by Crippen LogP contribution is -2.17. The summed E-state index contributed by atoms with van der Waals surface area (Å²) < 4.78 is 0. The fourth-order valence-corrected chi connectivity index (χ4v) is 5.38. The molecule has 0 aliphatic carbocycles. The van der Waals surface area contributed by atoms with Gasteiger partial charge < -0.3 is 0 Å². The van der Waals surface area contributed by atoms with Crippen LogP contribution in [0.4, 0.5) is 0 Å². The lowest BCUT2D eigenvalue weighted by Gasteiger charge is -2.29. The minimum absolute atomic E-state index is 0. The Morgan fingerprint density at radius 2 is 0.893 bits per heavy atom. The zero-order chi connectivity index (χ0) is 20.1. The quantitative estimate of drug-likeness (QED) is 0.227. The molecule has 4 atom stereocenters. The Morgan fingerprint density at radius 3 is 1.29 bits per heavy atom. The van der Waals surface area contributed by atoms with Gasteiger partial charge in [0, 0.05) is 0 Å². The monoisotopic (exact) mass is 398 g/mol. The van der Waals surface area contributed by atoms with E-state index in [0.717, 1.165) is 41.4 Å². The summed E-state index contributed by atoms with van der Waals surface area (Å²) in [5.41, 5.74) is 0. The Bertz CT molecular complexity index is 301. The average Bonchev–Trinajstić information content (AvgIpc) is 2.44.